The Morgan fingerprint density at radius 1 is 1.09 bits per heavy atom. The standard InChI is InChI=1S/C30H36FN5O7S/c1-41-26-16-21-23(17-27(26)42-18-19-6-12-36(13-7-19)14-11-34-44(2,39)40)33-10-5-24(21)43-25-4-3-20(15-22(25)31)35-29(38)30(8-9-30)28(32)37/h3-5,10,15-17,19,34H,6-9,11-14,18H2,1-2H3,(H2,32,37)(H,35,38). The van der Waals surface area contributed by atoms with Gasteiger partial charge in [-0.05, 0) is 69.0 Å². The quantitative estimate of drug-likeness (QED) is 0.241. The maximum absolute atomic E-state index is 15.0. The number of fused-ring (bicyclic) bond motifs is 1. The van der Waals surface area contributed by atoms with Crippen LogP contribution in [0.2, 0.25) is 0 Å². The summed E-state index contributed by atoms with van der Waals surface area (Å²) < 4.78 is 57.8. The molecule has 2 aromatic carbocycles. The van der Waals surface area contributed by atoms with Gasteiger partial charge in [-0.15, -0.1) is 0 Å². The SMILES string of the molecule is COc1cc2c(Oc3ccc(NC(=O)C4(C(N)=O)CC4)cc3F)ccnc2cc1OCC1CCN(CCNS(C)(=O)=O)CC1. The van der Waals surface area contributed by atoms with Gasteiger partial charge in [0.1, 0.15) is 11.2 Å². The van der Waals surface area contributed by atoms with Gasteiger partial charge in [0.05, 0.1) is 25.5 Å². The fourth-order valence-electron chi connectivity index (χ4n) is 5.20. The van der Waals surface area contributed by atoms with Crippen LogP contribution < -0.4 is 30.0 Å². The first kappa shape index (κ1) is 31.4. The molecule has 44 heavy (non-hydrogen) atoms. The van der Waals surface area contributed by atoms with Crippen molar-refractivity contribution in [1.29, 1.82) is 0 Å². The van der Waals surface area contributed by atoms with Crippen LogP contribution in [0.4, 0.5) is 10.1 Å². The van der Waals surface area contributed by atoms with Gasteiger partial charge in [0.15, 0.2) is 23.1 Å². The zero-order valence-electron chi connectivity index (χ0n) is 24.6. The molecular formula is C30H36FN5O7S. The largest absolute Gasteiger partial charge is 0.493 e. The Labute approximate surface area is 255 Å². The van der Waals surface area contributed by atoms with Crippen molar-refractivity contribution in [2.75, 3.05) is 51.5 Å². The topological polar surface area (TPSA) is 162 Å². The van der Waals surface area contributed by atoms with E-state index in [-0.39, 0.29) is 11.4 Å². The number of methoxy groups -OCH3 is 1. The number of ether oxygens (including phenoxy) is 3. The molecule has 0 unspecified atom stereocenters. The van der Waals surface area contributed by atoms with Gasteiger partial charge < -0.3 is 30.2 Å². The Hall–Kier alpha value is -4.01. The van der Waals surface area contributed by atoms with Crippen molar-refractivity contribution in [2.24, 2.45) is 17.1 Å². The minimum Gasteiger partial charge on any atom is -0.493 e. The molecule has 5 rings (SSSR count). The number of nitrogens with two attached hydrogens (primary N) is 1. The van der Waals surface area contributed by atoms with Gasteiger partial charge in [-0.1, -0.05) is 0 Å². The lowest BCUT2D eigenvalue weighted by atomic mass is 9.98. The Balaban J connectivity index is 1.22. The zero-order valence-corrected chi connectivity index (χ0v) is 25.4. The number of halogens is 1. The van der Waals surface area contributed by atoms with E-state index in [1.807, 2.05) is 0 Å². The molecule has 0 bridgehead atoms. The highest BCUT2D eigenvalue weighted by Gasteiger charge is 2.55. The second-order valence-electron chi connectivity index (χ2n) is 11.2. The fraction of sp³-hybridized carbons (Fsp3) is 0.433. The number of pyridine rings is 1. The Morgan fingerprint density at radius 3 is 2.48 bits per heavy atom. The molecule has 2 fully saturated rings. The number of anilines is 1. The van der Waals surface area contributed by atoms with Crippen LogP contribution in [-0.4, -0.2) is 76.3 Å². The lowest BCUT2D eigenvalue weighted by Gasteiger charge is -2.31. The first-order valence-corrected chi connectivity index (χ1v) is 16.2. The minimum atomic E-state index is -3.19. The zero-order chi connectivity index (χ0) is 31.5. The van der Waals surface area contributed by atoms with Crippen LogP contribution in [-0.2, 0) is 19.6 Å². The summed E-state index contributed by atoms with van der Waals surface area (Å²) in [6.45, 7) is 3.25. The fourth-order valence-corrected chi connectivity index (χ4v) is 5.67. The molecule has 1 saturated carbocycles. The molecule has 3 aromatic rings. The highest BCUT2D eigenvalue weighted by molar-refractivity contribution is 7.88. The van der Waals surface area contributed by atoms with Crippen LogP contribution >= 0.6 is 0 Å². The van der Waals surface area contributed by atoms with Gasteiger partial charge in [0.25, 0.3) is 0 Å². The number of carbonyl (C=O) groups excluding carboxylic acids is 2. The molecule has 12 nitrogen and oxygen atoms in total. The number of hydrogen-bond donors (Lipinski definition) is 3. The summed E-state index contributed by atoms with van der Waals surface area (Å²) in [7, 11) is -1.66. The van der Waals surface area contributed by atoms with Gasteiger partial charge in [0, 0.05) is 42.5 Å². The van der Waals surface area contributed by atoms with E-state index in [0.29, 0.717) is 66.6 Å². The number of nitrogens with one attached hydrogen (secondary N) is 2. The van der Waals surface area contributed by atoms with Crippen molar-refractivity contribution in [3.8, 4) is 23.0 Å². The van der Waals surface area contributed by atoms with Crippen LogP contribution in [0.25, 0.3) is 10.9 Å². The van der Waals surface area contributed by atoms with Crippen LogP contribution in [0.3, 0.4) is 0 Å². The van der Waals surface area contributed by atoms with E-state index >= 15 is 4.39 Å². The van der Waals surface area contributed by atoms with E-state index in [4.69, 9.17) is 19.9 Å². The molecule has 0 radical (unpaired) electrons. The van der Waals surface area contributed by atoms with Crippen molar-refractivity contribution in [1.82, 2.24) is 14.6 Å². The van der Waals surface area contributed by atoms with Crippen molar-refractivity contribution >= 4 is 38.4 Å². The number of aromatic nitrogens is 1. The predicted molar refractivity (Wildman–Crippen MR) is 162 cm³/mol. The van der Waals surface area contributed by atoms with Crippen molar-refractivity contribution in [3.63, 3.8) is 0 Å². The molecule has 1 aliphatic heterocycles. The summed E-state index contributed by atoms with van der Waals surface area (Å²) in [5.74, 6) is -0.332. The highest BCUT2D eigenvalue weighted by Crippen LogP contribution is 2.46. The average molecular weight is 630 g/mol. The first-order chi connectivity index (χ1) is 21.0. The van der Waals surface area contributed by atoms with Gasteiger partial charge in [-0.2, -0.15) is 0 Å². The highest BCUT2D eigenvalue weighted by atomic mass is 32.2. The molecule has 1 saturated heterocycles. The lowest BCUT2D eigenvalue weighted by Crippen LogP contribution is -2.40. The summed E-state index contributed by atoms with van der Waals surface area (Å²) in [5.41, 5.74) is 4.88. The van der Waals surface area contributed by atoms with E-state index in [9.17, 15) is 18.0 Å². The molecule has 0 atom stereocenters. The molecule has 2 heterocycles. The molecule has 2 aliphatic rings. The van der Waals surface area contributed by atoms with Crippen LogP contribution in [0.1, 0.15) is 25.7 Å². The molecule has 0 spiro atoms. The summed E-state index contributed by atoms with van der Waals surface area (Å²) in [6, 6.07) is 9.10. The van der Waals surface area contributed by atoms with Crippen molar-refractivity contribution in [2.45, 2.75) is 25.7 Å². The van der Waals surface area contributed by atoms with E-state index < -0.39 is 33.1 Å². The third kappa shape index (κ3) is 7.37. The van der Waals surface area contributed by atoms with Crippen molar-refractivity contribution < 1.29 is 36.6 Å². The number of amides is 2. The number of sulfonamides is 1. The Bertz CT molecular complexity index is 1660. The van der Waals surface area contributed by atoms with Gasteiger partial charge in [-0.25, -0.2) is 17.5 Å². The molecule has 14 heteroatoms. The summed E-state index contributed by atoms with van der Waals surface area (Å²) in [5, 5.41) is 3.14. The maximum atomic E-state index is 15.0. The number of carbonyl (C=O) groups is 2. The van der Waals surface area contributed by atoms with Gasteiger partial charge >= 0.3 is 0 Å². The minimum absolute atomic E-state index is 0.0655. The maximum Gasteiger partial charge on any atom is 0.240 e. The number of likely N-dealkylation sites (tertiary alicyclic amines) is 1. The molecule has 4 N–H and O–H groups in total. The van der Waals surface area contributed by atoms with E-state index in [0.717, 1.165) is 38.3 Å². The molecule has 236 valence electrons. The number of rotatable bonds is 13. The van der Waals surface area contributed by atoms with Gasteiger partial charge in [0.2, 0.25) is 21.8 Å². The summed E-state index contributed by atoms with van der Waals surface area (Å²) in [6.07, 6.45) is 5.29. The summed E-state index contributed by atoms with van der Waals surface area (Å²) >= 11 is 0. The summed E-state index contributed by atoms with van der Waals surface area (Å²) in [4.78, 5) is 30.7. The lowest BCUT2D eigenvalue weighted by molar-refractivity contribution is -0.132. The van der Waals surface area contributed by atoms with Crippen LogP contribution in [0.15, 0.2) is 42.6 Å². The Kier molecular flexibility index (Phi) is 9.23. The van der Waals surface area contributed by atoms with Gasteiger partial charge in [-0.3, -0.25) is 14.6 Å². The number of primary amides is 1. The molecular weight excluding hydrogens is 593 g/mol. The second-order valence-corrected chi connectivity index (χ2v) is 13.1. The second kappa shape index (κ2) is 12.9. The smallest absolute Gasteiger partial charge is 0.240 e. The van der Waals surface area contributed by atoms with E-state index in [1.165, 1.54) is 19.2 Å². The van der Waals surface area contributed by atoms with Crippen LogP contribution in [0, 0.1) is 17.2 Å². The number of piperidine rings is 1. The Morgan fingerprint density at radius 2 is 1.84 bits per heavy atom. The predicted octanol–water partition coefficient (Wildman–Crippen LogP) is 3.02. The number of hydrogen-bond acceptors (Lipinski definition) is 9. The third-order valence-electron chi connectivity index (χ3n) is 8.03. The normalized spacial score (nSPS) is 16.8. The molecule has 1 aromatic heterocycles. The van der Waals surface area contributed by atoms with E-state index in [1.54, 1.807) is 24.4 Å². The molecule has 1 aliphatic carbocycles. The number of benzene rings is 2. The van der Waals surface area contributed by atoms with Crippen LogP contribution in [0.5, 0.6) is 23.0 Å². The van der Waals surface area contributed by atoms with E-state index in [2.05, 4.69) is 19.9 Å². The first-order valence-electron chi connectivity index (χ1n) is 14.3. The third-order valence-corrected chi connectivity index (χ3v) is 8.76. The average Bonchev–Trinajstić information content (AvgIpc) is 3.80. The van der Waals surface area contributed by atoms with Crippen molar-refractivity contribution in [3.05, 3.63) is 48.4 Å². The molecule has 2 amide bonds. The monoisotopic (exact) mass is 629 g/mol. The number of nitrogens with zero attached hydrogens (tertiary/aromatic N) is 2.